The van der Waals surface area contributed by atoms with E-state index in [1.807, 2.05) is 0 Å². The number of hydrogen-bond acceptors (Lipinski definition) is 12. The number of nitrogens with zero attached hydrogens (tertiary/aromatic N) is 3. The Balaban J connectivity index is 1.60. The maximum absolute atomic E-state index is 14.1. The molecule has 44 heavy (non-hydrogen) atoms. The number of amides is 1. The summed E-state index contributed by atoms with van der Waals surface area (Å²) in [6.07, 6.45) is -6.15. The molecular formula is C28H32F3N5O7S. The van der Waals surface area contributed by atoms with Crippen molar-refractivity contribution in [2.75, 3.05) is 38.4 Å². The summed E-state index contributed by atoms with van der Waals surface area (Å²) in [6, 6.07) is 0.593. The van der Waals surface area contributed by atoms with Crippen molar-refractivity contribution in [2.45, 2.75) is 43.3 Å². The summed E-state index contributed by atoms with van der Waals surface area (Å²) in [5.41, 5.74) is 2.30. The third-order valence-corrected chi connectivity index (χ3v) is 9.65. The van der Waals surface area contributed by atoms with Crippen LogP contribution in [0.2, 0.25) is 0 Å². The molecule has 3 aliphatic rings. The van der Waals surface area contributed by atoms with Crippen LogP contribution in [0.3, 0.4) is 0 Å². The lowest BCUT2D eigenvalue weighted by molar-refractivity contribution is -0.184. The van der Waals surface area contributed by atoms with Gasteiger partial charge in [-0.15, -0.1) is 11.3 Å². The molecule has 1 amide bonds. The number of halogens is 3. The van der Waals surface area contributed by atoms with Gasteiger partial charge < -0.3 is 41.3 Å². The molecule has 2 fully saturated rings. The number of nitrogens with two attached hydrogens (primary N) is 1. The Morgan fingerprint density at radius 2 is 1.89 bits per heavy atom. The normalized spacial score (nSPS) is 28.5. The number of carbonyl (C=O) groups excluding carboxylic acids is 3. The van der Waals surface area contributed by atoms with Gasteiger partial charge in [-0.2, -0.15) is 13.2 Å². The molecule has 12 nitrogen and oxygen atoms in total. The van der Waals surface area contributed by atoms with Crippen LogP contribution in [0.4, 0.5) is 24.0 Å². The number of fused-ring (bicyclic) bond motifs is 3. The maximum atomic E-state index is 14.1. The van der Waals surface area contributed by atoms with Crippen molar-refractivity contribution in [1.29, 1.82) is 0 Å². The summed E-state index contributed by atoms with van der Waals surface area (Å²) in [6.45, 7) is -0.196. The lowest BCUT2D eigenvalue weighted by Gasteiger charge is -2.53. The van der Waals surface area contributed by atoms with Gasteiger partial charge in [0.25, 0.3) is 0 Å². The topological polar surface area (TPSA) is 190 Å². The number of nitrogens with one attached hydrogen (secondary N) is 1. The van der Waals surface area contributed by atoms with E-state index in [1.54, 1.807) is 39.2 Å². The molecule has 1 heterocycles. The van der Waals surface area contributed by atoms with Crippen molar-refractivity contribution in [2.24, 2.45) is 23.5 Å². The van der Waals surface area contributed by atoms with E-state index in [0.717, 1.165) is 16.7 Å². The van der Waals surface area contributed by atoms with Gasteiger partial charge in [-0.05, 0) is 44.5 Å². The Kier molecular flexibility index (Phi) is 7.72. The minimum Gasteiger partial charge on any atom is -0.507 e. The molecule has 3 unspecified atom stereocenters. The van der Waals surface area contributed by atoms with Crippen LogP contribution in [0.1, 0.15) is 28.8 Å². The average molecular weight is 640 g/mol. The molecule has 6 atom stereocenters. The van der Waals surface area contributed by atoms with E-state index < -0.39 is 76.4 Å². The number of thiazole rings is 1. The summed E-state index contributed by atoms with van der Waals surface area (Å²) < 4.78 is 39.0. The number of primary amides is 1. The summed E-state index contributed by atoms with van der Waals surface area (Å²) in [4.78, 5) is 46.5. The molecule has 16 heteroatoms. The quantitative estimate of drug-likeness (QED) is 0.250. The van der Waals surface area contributed by atoms with Crippen LogP contribution in [-0.4, -0.2) is 93.7 Å². The highest BCUT2D eigenvalue weighted by Gasteiger charge is 2.67. The molecule has 238 valence electrons. The Hall–Kier alpha value is -3.73. The predicted molar refractivity (Wildman–Crippen MR) is 153 cm³/mol. The van der Waals surface area contributed by atoms with Gasteiger partial charge in [-0.3, -0.25) is 14.4 Å². The van der Waals surface area contributed by atoms with Crippen LogP contribution in [0.25, 0.3) is 5.76 Å². The first-order valence-electron chi connectivity index (χ1n) is 13.6. The summed E-state index contributed by atoms with van der Waals surface area (Å²) in [7, 11) is 6.56. The SMILES string of the molecule is CN(C)c1cc(CNc2nc(C(F)(F)F)cs2)c(O)c2c1C[C@@H]1C[C@@H]3C(N(C)C)C(O)C(C(N)=O)C(=O)[C@]3(O)C(=O)C1=C2O. The number of alkyl halides is 3. The molecular weight excluding hydrogens is 607 g/mol. The van der Waals surface area contributed by atoms with Crippen molar-refractivity contribution >= 4 is 45.4 Å². The fraction of sp³-hybridized carbons (Fsp3) is 0.500. The Morgan fingerprint density at radius 1 is 1.23 bits per heavy atom. The highest BCUT2D eigenvalue weighted by atomic mass is 32.1. The maximum Gasteiger partial charge on any atom is 0.434 e. The molecule has 2 aromatic rings. The smallest absolute Gasteiger partial charge is 0.434 e. The van der Waals surface area contributed by atoms with Gasteiger partial charge in [-0.25, -0.2) is 4.98 Å². The molecule has 3 aliphatic carbocycles. The van der Waals surface area contributed by atoms with Gasteiger partial charge in [-0.1, -0.05) is 0 Å². The zero-order valence-corrected chi connectivity index (χ0v) is 25.0. The van der Waals surface area contributed by atoms with Gasteiger partial charge in [0.15, 0.2) is 22.2 Å². The van der Waals surface area contributed by atoms with Crippen LogP contribution in [-0.2, 0) is 33.5 Å². The molecule has 0 bridgehead atoms. The van der Waals surface area contributed by atoms with Crippen molar-refractivity contribution in [3.05, 3.63) is 39.4 Å². The zero-order valence-electron chi connectivity index (χ0n) is 24.1. The molecule has 1 aromatic heterocycles. The minimum absolute atomic E-state index is 0.0271. The number of likely N-dealkylation sites (N-methyl/N-ethyl adjacent to an activating group) is 1. The van der Waals surface area contributed by atoms with Crippen LogP contribution >= 0.6 is 11.3 Å². The van der Waals surface area contributed by atoms with E-state index in [0.29, 0.717) is 11.3 Å². The van der Waals surface area contributed by atoms with Gasteiger partial charge in [0.1, 0.15) is 17.4 Å². The molecule has 0 aliphatic heterocycles. The van der Waals surface area contributed by atoms with E-state index in [2.05, 4.69) is 10.3 Å². The number of aromatic hydroxyl groups is 1. The van der Waals surface area contributed by atoms with E-state index in [9.17, 15) is 48.0 Å². The first-order chi connectivity index (χ1) is 20.4. The van der Waals surface area contributed by atoms with E-state index in [4.69, 9.17) is 5.73 Å². The Labute approximate surface area is 253 Å². The van der Waals surface area contributed by atoms with Gasteiger partial charge in [0.2, 0.25) is 11.7 Å². The number of rotatable bonds is 6. The number of aromatic nitrogens is 1. The van der Waals surface area contributed by atoms with Crippen LogP contribution < -0.4 is 16.0 Å². The number of anilines is 2. The highest BCUT2D eigenvalue weighted by Crippen LogP contribution is 2.53. The molecule has 0 spiro atoms. The number of hydrogen-bond donors (Lipinski definition) is 6. The van der Waals surface area contributed by atoms with Crippen molar-refractivity contribution in [1.82, 2.24) is 9.88 Å². The number of Topliss-reactive ketones (excluding diaryl/α,β-unsaturated/α-hetero) is 2. The standard InChI is InChI=1S/C28H32F3N5O7S/c1-35(2)14-7-11(8-33-26-34-15(9-44-26)28(29,30)31)20(37)17-12(14)5-10-6-13-19(36(3)4)22(39)18(25(32)42)24(41)27(13,43)23(40)16(10)21(17)38/h7,9-10,13,18-19,22,37-39,43H,5-6,8H2,1-4H3,(H2,32,42)(H,33,34)/t10-,13-,18?,19?,22?,27-/m1/s1. The van der Waals surface area contributed by atoms with Gasteiger partial charge in [0.05, 0.1) is 11.7 Å². The zero-order chi connectivity index (χ0) is 32.6. The monoisotopic (exact) mass is 639 g/mol. The lowest BCUT2D eigenvalue weighted by Crippen LogP contribution is -2.73. The van der Waals surface area contributed by atoms with E-state index in [-0.39, 0.29) is 41.2 Å². The fourth-order valence-corrected chi connectivity index (χ4v) is 7.61. The second-order valence-corrected chi connectivity index (χ2v) is 12.7. The Morgan fingerprint density at radius 3 is 2.43 bits per heavy atom. The summed E-state index contributed by atoms with van der Waals surface area (Å²) in [5, 5.41) is 49.2. The van der Waals surface area contributed by atoms with E-state index >= 15 is 0 Å². The molecule has 0 saturated heterocycles. The second-order valence-electron chi connectivity index (χ2n) is 11.8. The van der Waals surface area contributed by atoms with Crippen molar-refractivity contribution < 1.29 is 48.0 Å². The lowest BCUT2D eigenvalue weighted by atomic mass is 9.54. The number of phenols is 1. The number of phenolic OH excluding ortho intramolecular Hbond substituents is 1. The minimum atomic E-state index is -4.63. The predicted octanol–water partition coefficient (Wildman–Crippen LogP) is 1.28. The fourth-order valence-electron chi connectivity index (χ4n) is 6.90. The third-order valence-electron chi connectivity index (χ3n) is 8.85. The third kappa shape index (κ3) is 4.71. The number of aliphatic hydroxyl groups excluding tert-OH is 2. The highest BCUT2D eigenvalue weighted by molar-refractivity contribution is 7.13. The van der Waals surface area contributed by atoms with E-state index in [1.165, 1.54) is 4.90 Å². The molecule has 7 N–H and O–H groups in total. The van der Waals surface area contributed by atoms with Gasteiger partial charge in [0, 0.05) is 54.8 Å². The largest absolute Gasteiger partial charge is 0.507 e. The second kappa shape index (κ2) is 10.7. The number of ketones is 2. The van der Waals surface area contributed by atoms with Crippen molar-refractivity contribution in [3.63, 3.8) is 0 Å². The number of benzene rings is 1. The first-order valence-corrected chi connectivity index (χ1v) is 14.5. The molecule has 5 rings (SSSR count). The summed E-state index contributed by atoms with van der Waals surface area (Å²) >= 11 is 0.720. The molecule has 0 radical (unpaired) electrons. The molecule has 1 aromatic carbocycles. The van der Waals surface area contributed by atoms with Gasteiger partial charge >= 0.3 is 6.18 Å². The average Bonchev–Trinajstić information content (AvgIpc) is 3.39. The number of aliphatic hydroxyl groups is 3. The van der Waals surface area contributed by atoms with Crippen LogP contribution in [0, 0.1) is 17.8 Å². The summed E-state index contributed by atoms with van der Waals surface area (Å²) in [5.74, 6) is -8.49. The molecule has 2 saturated carbocycles. The number of carbonyl (C=O) groups is 3. The van der Waals surface area contributed by atoms with Crippen LogP contribution in [0.5, 0.6) is 5.75 Å². The Bertz CT molecular complexity index is 1590. The first kappa shape index (κ1) is 31.7. The van der Waals surface area contributed by atoms with Crippen molar-refractivity contribution in [3.8, 4) is 5.75 Å². The van der Waals surface area contributed by atoms with Crippen LogP contribution in [0.15, 0.2) is 17.0 Å².